The van der Waals surface area contributed by atoms with Crippen molar-refractivity contribution in [1.29, 1.82) is 0 Å². The molecular formula is C14H17O3. The van der Waals surface area contributed by atoms with Crippen molar-refractivity contribution in [2.24, 2.45) is 0 Å². The van der Waals surface area contributed by atoms with Gasteiger partial charge in [0.1, 0.15) is 5.60 Å². The van der Waals surface area contributed by atoms with Crippen LogP contribution in [-0.2, 0) is 16.0 Å². The second-order valence-corrected chi connectivity index (χ2v) is 4.84. The molecule has 0 aliphatic heterocycles. The summed E-state index contributed by atoms with van der Waals surface area (Å²) in [5.74, 6) is -0.328. The molecule has 0 aliphatic rings. The van der Waals surface area contributed by atoms with E-state index < -0.39 is 5.60 Å². The second-order valence-electron chi connectivity index (χ2n) is 4.84. The van der Waals surface area contributed by atoms with Crippen LogP contribution >= 0.6 is 0 Å². The number of aryl methyl sites for hydroxylation is 1. The molecule has 0 N–H and O–H groups in total. The molecule has 0 spiro atoms. The molecule has 0 fully saturated rings. The summed E-state index contributed by atoms with van der Waals surface area (Å²) < 4.78 is 5.24. The van der Waals surface area contributed by atoms with Crippen molar-refractivity contribution < 1.29 is 14.3 Å². The third kappa shape index (κ3) is 4.81. The molecule has 0 aromatic heterocycles. The number of carbonyl (C=O) groups is 1. The van der Waals surface area contributed by atoms with Crippen LogP contribution in [0.25, 0.3) is 0 Å². The van der Waals surface area contributed by atoms with E-state index in [0.717, 1.165) is 5.56 Å². The monoisotopic (exact) mass is 233 g/mol. The molecule has 0 saturated carbocycles. The third-order valence-corrected chi connectivity index (χ3v) is 2.10. The van der Waals surface area contributed by atoms with Crippen LogP contribution in [0.5, 0.6) is 0 Å². The van der Waals surface area contributed by atoms with Crippen LogP contribution in [0.15, 0.2) is 24.3 Å². The number of carbonyl (C=O) groups excluding carboxylic acids is 2. The molecule has 0 atom stereocenters. The SMILES string of the molecule is CC(C)(C)OC(=O)c1ccc(CC[C]=O)cc1. The molecule has 3 nitrogen and oxygen atoms in total. The predicted molar refractivity (Wildman–Crippen MR) is 65.6 cm³/mol. The van der Waals surface area contributed by atoms with Crippen LogP contribution in [0, 0.1) is 0 Å². The molecule has 0 unspecified atom stereocenters. The highest BCUT2D eigenvalue weighted by molar-refractivity contribution is 5.89. The summed E-state index contributed by atoms with van der Waals surface area (Å²) in [6, 6.07) is 7.09. The number of benzene rings is 1. The zero-order chi connectivity index (χ0) is 12.9. The van der Waals surface area contributed by atoms with Crippen LogP contribution in [0.2, 0.25) is 0 Å². The topological polar surface area (TPSA) is 43.4 Å². The highest BCUT2D eigenvalue weighted by atomic mass is 16.6. The average Bonchev–Trinajstić information content (AvgIpc) is 2.24. The highest BCUT2D eigenvalue weighted by Crippen LogP contribution is 2.13. The largest absolute Gasteiger partial charge is 0.456 e. The van der Waals surface area contributed by atoms with Crippen LogP contribution < -0.4 is 0 Å². The van der Waals surface area contributed by atoms with Crippen LogP contribution in [0.1, 0.15) is 43.1 Å². The smallest absolute Gasteiger partial charge is 0.338 e. The maximum absolute atomic E-state index is 11.7. The molecule has 3 heteroatoms. The van der Waals surface area contributed by atoms with Crippen LogP contribution in [0.3, 0.4) is 0 Å². The zero-order valence-corrected chi connectivity index (χ0v) is 10.4. The molecule has 0 amide bonds. The summed E-state index contributed by atoms with van der Waals surface area (Å²) in [6.07, 6.45) is 2.87. The van der Waals surface area contributed by atoms with E-state index in [9.17, 15) is 9.59 Å². The van der Waals surface area contributed by atoms with Crippen molar-refractivity contribution in [2.45, 2.75) is 39.2 Å². The first-order valence-electron chi connectivity index (χ1n) is 5.59. The molecule has 0 saturated heterocycles. The molecule has 0 bridgehead atoms. The first-order valence-corrected chi connectivity index (χ1v) is 5.59. The van der Waals surface area contributed by atoms with Gasteiger partial charge in [-0.3, -0.25) is 4.79 Å². The molecule has 0 aliphatic carbocycles. The normalized spacial score (nSPS) is 11.0. The van der Waals surface area contributed by atoms with Gasteiger partial charge >= 0.3 is 5.97 Å². The Morgan fingerprint density at radius 2 is 1.82 bits per heavy atom. The lowest BCUT2D eigenvalue weighted by Crippen LogP contribution is -2.23. The minimum atomic E-state index is -0.484. The first kappa shape index (κ1) is 13.4. The van der Waals surface area contributed by atoms with E-state index in [-0.39, 0.29) is 5.97 Å². The minimum Gasteiger partial charge on any atom is -0.456 e. The first-order chi connectivity index (χ1) is 7.92. The molecule has 1 rings (SSSR count). The summed E-state index contributed by atoms with van der Waals surface area (Å²) in [5.41, 5.74) is 1.06. The van der Waals surface area contributed by atoms with Crippen molar-refractivity contribution in [2.75, 3.05) is 0 Å². The Balaban J connectivity index is 2.67. The van der Waals surface area contributed by atoms with Gasteiger partial charge in [0.2, 0.25) is 0 Å². The molecular weight excluding hydrogens is 216 g/mol. The van der Waals surface area contributed by atoms with Crippen molar-refractivity contribution in [3.05, 3.63) is 35.4 Å². The standard InChI is InChI=1S/C14H17O3/c1-14(2,3)17-13(16)12-8-6-11(7-9-12)5-4-10-15/h6-9H,4-5H2,1-3H3. The Labute approximate surface area is 102 Å². The van der Waals surface area contributed by atoms with Gasteiger partial charge in [0, 0.05) is 6.42 Å². The fraction of sp³-hybridized carbons (Fsp3) is 0.429. The minimum absolute atomic E-state index is 0.328. The number of hydrogen-bond donors (Lipinski definition) is 0. The molecule has 91 valence electrons. The summed E-state index contributed by atoms with van der Waals surface area (Å²) in [5, 5.41) is 0. The fourth-order valence-electron chi connectivity index (χ4n) is 1.34. The van der Waals surface area contributed by atoms with Gasteiger partial charge in [-0.05, 0) is 44.9 Å². The number of esters is 1. The summed E-state index contributed by atoms with van der Waals surface area (Å²) in [6.45, 7) is 5.50. The zero-order valence-electron chi connectivity index (χ0n) is 10.4. The second kappa shape index (κ2) is 5.62. The molecule has 0 heterocycles. The quantitative estimate of drug-likeness (QED) is 0.751. The van der Waals surface area contributed by atoms with Crippen LogP contribution in [0.4, 0.5) is 0 Å². The van der Waals surface area contributed by atoms with Gasteiger partial charge in [0.05, 0.1) is 5.56 Å². The average molecular weight is 233 g/mol. The number of rotatable bonds is 4. The Kier molecular flexibility index (Phi) is 4.44. The molecule has 17 heavy (non-hydrogen) atoms. The van der Waals surface area contributed by atoms with E-state index in [1.54, 1.807) is 12.1 Å². The Morgan fingerprint density at radius 1 is 1.24 bits per heavy atom. The van der Waals surface area contributed by atoms with E-state index in [1.165, 1.54) is 0 Å². The molecule has 1 radical (unpaired) electrons. The lowest BCUT2D eigenvalue weighted by molar-refractivity contribution is 0.00695. The van der Waals surface area contributed by atoms with Crippen molar-refractivity contribution in [3.63, 3.8) is 0 Å². The van der Waals surface area contributed by atoms with Crippen molar-refractivity contribution in [3.8, 4) is 0 Å². The maximum atomic E-state index is 11.7. The maximum Gasteiger partial charge on any atom is 0.338 e. The Bertz CT molecular complexity index is 385. The van der Waals surface area contributed by atoms with Crippen molar-refractivity contribution >= 4 is 12.3 Å². The fourth-order valence-corrected chi connectivity index (χ4v) is 1.34. The van der Waals surface area contributed by atoms with Gasteiger partial charge in [-0.1, -0.05) is 12.1 Å². The lowest BCUT2D eigenvalue weighted by Gasteiger charge is -2.19. The van der Waals surface area contributed by atoms with Gasteiger partial charge < -0.3 is 4.74 Å². The van der Waals surface area contributed by atoms with Gasteiger partial charge in [-0.15, -0.1) is 0 Å². The predicted octanol–water partition coefficient (Wildman–Crippen LogP) is 2.68. The van der Waals surface area contributed by atoms with E-state index in [0.29, 0.717) is 18.4 Å². The lowest BCUT2D eigenvalue weighted by atomic mass is 10.1. The number of ether oxygens (including phenoxy) is 1. The number of hydrogen-bond acceptors (Lipinski definition) is 3. The van der Waals surface area contributed by atoms with Gasteiger partial charge in [0.25, 0.3) is 0 Å². The van der Waals surface area contributed by atoms with Gasteiger partial charge in [0.15, 0.2) is 6.29 Å². The highest BCUT2D eigenvalue weighted by Gasteiger charge is 2.17. The third-order valence-electron chi connectivity index (χ3n) is 2.10. The summed E-state index contributed by atoms with van der Waals surface area (Å²) in [7, 11) is 0. The van der Waals surface area contributed by atoms with Crippen molar-refractivity contribution in [1.82, 2.24) is 0 Å². The van der Waals surface area contributed by atoms with Crippen LogP contribution in [-0.4, -0.2) is 17.9 Å². The molecule has 1 aromatic rings. The van der Waals surface area contributed by atoms with E-state index in [4.69, 9.17) is 4.74 Å². The summed E-state index contributed by atoms with van der Waals surface area (Å²) >= 11 is 0. The summed E-state index contributed by atoms with van der Waals surface area (Å²) in [4.78, 5) is 21.8. The van der Waals surface area contributed by atoms with Gasteiger partial charge in [-0.2, -0.15) is 0 Å². The van der Waals surface area contributed by atoms with Gasteiger partial charge in [-0.25, -0.2) is 4.79 Å². The van der Waals surface area contributed by atoms with E-state index in [1.807, 2.05) is 39.2 Å². The van der Waals surface area contributed by atoms with E-state index in [2.05, 4.69) is 0 Å². The Hall–Kier alpha value is -1.64. The Morgan fingerprint density at radius 3 is 2.29 bits per heavy atom. The molecule has 1 aromatic carbocycles. The van der Waals surface area contributed by atoms with E-state index >= 15 is 0 Å².